The van der Waals surface area contributed by atoms with E-state index in [1.54, 1.807) is 0 Å². The van der Waals surface area contributed by atoms with E-state index in [4.69, 9.17) is 10.9 Å². The maximum absolute atomic E-state index is 7.82. The Hall–Kier alpha value is -3.27. The van der Waals surface area contributed by atoms with E-state index >= 15 is 0 Å². The van der Waals surface area contributed by atoms with Gasteiger partial charge in [0, 0.05) is 33.9 Å². The summed E-state index contributed by atoms with van der Waals surface area (Å²) in [7, 11) is 0. The zero-order chi connectivity index (χ0) is 17.4. The third kappa shape index (κ3) is 2.52. The number of aromatic nitrogens is 1. The van der Waals surface area contributed by atoms with Crippen LogP contribution in [0.5, 0.6) is 0 Å². The van der Waals surface area contributed by atoms with Crippen LogP contribution < -0.4 is 0 Å². The molecule has 4 rings (SSSR count). The van der Waals surface area contributed by atoms with E-state index in [-0.39, 0.29) is 5.84 Å². The summed E-state index contributed by atoms with van der Waals surface area (Å²) in [6.07, 6.45) is 0. The van der Waals surface area contributed by atoms with Crippen LogP contribution >= 0.6 is 0 Å². The van der Waals surface area contributed by atoms with Crippen molar-refractivity contribution in [2.75, 3.05) is 0 Å². The first-order valence-electron chi connectivity index (χ1n) is 8.21. The molecule has 0 fully saturated rings. The van der Waals surface area contributed by atoms with Gasteiger partial charge in [-0.05, 0) is 42.3 Å². The number of amidine groups is 1. The van der Waals surface area contributed by atoms with Gasteiger partial charge in [-0.3, -0.25) is 5.41 Å². The lowest BCUT2D eigenvalue weighted by molar-refractivity contribution is 0.861. The first-order chi connectivity index (χ1) is 12.2. The highest BCUT2D eigenvalue weighted by molar-refractivity contribution is 6.11. The molecule has 0 amide bonds. The summed E-state index contributed by atoms with van der Waals surface area (Å²) in [6, 6.07) is 22.6. The van der Waals surface area contributed by atoms with Gasteiger partial charge in [0.05, 0.1) is 0 Å². The van der Waals surface area contributed by atoms with Crippen molar-refractivity contribution in [3.8, 4) is 0 Å². The van der Waals surface area contributed by atoms with E-state index in [0.29, 0.717) is 5.56 Å². The summed E-state index contributed by atoms with van der Waals surface area (Å²) in [5.41, 5.74) is 12.6. The second-order valence-corrected chi connectivity index (χ2v) is 6.22. The van der Waals surface area contributed by atoms with E-state index in [1.807, 2.05) is 24.3 Å². The Labute approximate surface area is 145 Å². The SMILES string of the molecule is Cc1ccccc1Cn1c2ccccc2c2cc(C(=N)N=N)ccc21. The molecule has 0 radical (unpaired) electrons. The molecule has 0 atom stereocenters. The summed E-state index contributed by atoms with van der Waals surface area (Å²) in [5.74, 6) is -0.0161. The van der Waals surface area contributed by atoms with Gasteiger partial charge in [-0.2, -0.15) is 0 Å². The smallest absolute Gasteiger partial charge is 0.173 e. The second kappa shape index (κ2) is 5.98. The fourth-order valence-electron chi connectivity index (χ4n) is 3.39. The van der Waals surface area contributed by atoms with Crippen LogP contribution in [0.4, 0.5) is 0 Å². The molecule has 4 aromatic rings. The van der Waals surface area contributed by atoms with Gasteiger partial charge in [-0.1, -0.05) is 42.5 Å². The molecule has 0 bridgehead atoms. The highest BCUT2D eigenvalue weighted by Gasteiger charge is 2.13. The van der Waals surface area contributed by atoms with E-state index in [1.165, 1.54) is 16.6 Å². The van der Waals surface area contributed by atoms with E-state index in [2.05, 4.69) is 59.1 Å². The Morgan fingerprint density at radius 3 is 2.44 bits per heavy atom. The van der Waals surface area contributed by atoms with Crippen LogP contribution in [-0.2, 0) is 6.54 Å². The quantitative estimate of drug-likeness (QED) is 0.283. The highest BCUT2D eigenvalue weighted by atomic mass is 15.0. The third-order valence-corrected chi connectivity index (χ3v) is 4.75. The van der Waals surface area contributed by atoms with Gasteiger partial charge >= 0.3 is 0 Å². The van der Waals surface area contributed by atoms with Crippen molar-refractivity contribution in [2.45, 2.75) is 13.5 Å². The van der Waals surface area contributed by atoms with Crippen molar-refractivity contribution in [1.82, 2.24) is 4.57 Å². The van der Waals surface area contributed by atoms with Gasteiger partial charge in [0.1, 0.15) is 0 Å². The van der Waals surface area contributed by atoms with Crippen LogP contribution in [-0.4, -0.2) is 10.4 Å². The lowest BCUT2D eigenvalue weighted by atomic mass is 10.1. The Bertz CT molecular complexity index is 1120. The van der Waals surface area contributed by atoms with Crippen molar-refractivity contribution in [2.24, 2.45) is 5.11 Å². The van der Waals surface area contributed by atoms with Gasteiger partial charge in [0.25, 0.3) is 0 Å². The molecular weight excluding hydrogens is 308 g/mol. The number of aryl methyl sites for hydroxylation is 1. The van der Waals surface area contributed by atoms with Crippen LogP contribution in [0.15, 0.2) is 71.8 Å². The Kier molecular flexibility index (Phi) is 3.65. The second-order valence-electron chi connectivity index (χ2n) is 6.22. The van der Waals surface area contributed by atoms with Crippen molar-refractivity contribution in [3.63, 3.8) is 0 Å². The molecule has 4 nitrogen and oxygen atoms in total. The fourth-order valence-corrected chi connectivity index (χ4v) is 3.39. The summed E-state index contributed by atoms with van der Waals surface area (Å²) in [6.45, 7) is 2.94. The van der Waals surface area contributed by atoms with Gasteiger partial charge in [-0.15, -0.1) is 5.11 Å². The third-order valence-electron chi connectivity index (χ3n) is 4.75. The van der Waals surface area contributed by atoms with Gasteiger partial charge in [0.2, 0.25) is 0 Å². The summed E-state index contributed by atoms with van der Waals surface area (Å²) in [5, 5.41) is 13.3. The fraction of sp³-hybridized carbons (Fsp3) is 0.0952. The van der Waals surface area contributed by atoms with Crippen LogP contribution in [0.3, 0.4) is 0 Å². The zero-order valence-corrected chi connectivity index (χ0v) is 14.0. The minimum absolute atomic E-state index is 0.0161. The van der Waals surface area contributed by atoms with Crippen LogP contribution in [0.2, 0.25) is 0 Å². The molecule has 2 N–H and O–H groups in total. The molecule has 1 heterocycles. The van der Waals surface area contributed by atoms with E-state index in [0.717, 1.165) is 22.8 Å². The molecule has 3 aromatic carbocycles. The number of nitrogens with one attached hydrogen (secondary N) is 2. The minimum atomic E-state index is -0.0161. The molecular formula is C21H18N4. The number of nitrogens with zero attached hydrogens (tertiary/aromatic N) is 2. The molecule has 25 heavy (non-hydrogen) atoms. The van der Waals surface area contributed by atoms with Crippen LogP contribution in [0, 0.1) is 17.9 Å². The normalized spacial score (nSPS) is 11.1. The maximum Gasteiger partial charge on any atom is 0.173 e. The molecule has 0 aliphatic rings. The standard InChI is InChI=1S/C21H18N4/c1-14-6-2-3-7-16(14)13-25-19-9-5-4-8-17(19)18-12-15(21(22)24-23)10-11-20(18)25/h2-12,22-23H,13H2,1H3. The molecule has 122 valence electrons. The predicted molar refractivity (Wildman–Crippen MR) is 102 cm³/mol. The average molecular weight is 326 g/mol. The first-order valence-corrected chi connectivity index (χ1v) is 8.21. The van der Waals surface area contributed by atoms with Gasteiger partial charge < -0.3 is 4.57 Å². The van der Waals surface area contributed by atoms with Gasteiger partial charge in [-0.25, -0.2) is 5.53 Å². The molecule has 0 spiro atoms. The molecule has 0 saturated heterocycles. The lowest BCUT2D eigenvalue weighted by Crippen LogP contribution is -2.01. The largest absolute Gasteiger partial charge is 0.336 e. The van der Waals surface area contributed by atoms with Crippen molar-refractivity contribution in [1.29, 1.82) is 10.9 Å². The number of benzene rings is 3. The molecule has 1 aromatic heterocycles. The topological polar surface area (TPSA) is 65.0 Å². The van der Waals surface area contributed by atoms with Crippen molar-refractivity contribution >= 4 is 27.6 Å². The van der Waals surface area contributed by atoms with Crippen LogP contribution in [0.25, 0.3) is 21.8 Å². The number of hydrogen-bond donors (Lipinski definition) is 2. The average Bonchev–Trinajstić information content (AvgIpc) is 2.96. The lowest BCUT2D eigenvalue weighted by Gasteiger charge is -2.10. The molecule has 0 aliphatic heterocycles. The summed E-state index contributed by atoms with van der Waals surface area (Å²) >= 11 is 0. The van der Waals surface area contributed by atoms with Crippen molar-refractivity contribution < 1.29 is 0 Å². The minimum Gasteiger partial charge on any atom is -0.336 e. The summed E-state index contributed by atoms with van der Waals surface area (Å²) in [4.78, 5) is 0. The first kappa shape index (κ1) is 15.3. The van der Waals surface area contributed by atoms with Crippen molar-refractivity contribution in [3.05, 3.63) is 83.4 Å². The predicted octanol–water partition coefficient (Wildman–Crippen LogP) is 5.51. The summed E-state index contributed by atoms with van der Waals surface area (Å²) < 4.78 is 2.32. The van der Waals surface area contributed by atoms with E-state index in [9.17, 15) is 0 Å². The number of para-hydroxylation sites is 1. The maximum atomic E-state index is 7.82. The highest BCUT2D eigenvalue weighted by Crippen LogP contribution is 2.31. The molecule has 4 heteroatoms. The van der Waals surface area contributed by atoms with Gasteiger partial charge in [0.15, 0.2) is 5.84 Å². The number of fused-ring (bicyclic) bond motifs is 3. The Morgan fingerprint density at radius 2 is 1.64 bits per heavy atom. The Morgan fingerprint density at radius 1 is 0.920 bits per heavy atom. The molecule has 0 unspecified atom stereocenters. The monoisotopic (exact) mass is 326 g/mol. The number of hydrogen-bond acceptors (Lipinski definition) is 2. The molecule has 0 saturated carbocycles. The van der Waals surface area contributed by atoms with Crippen LogP contribution in [0.1, 0.15) is 16.7 Å². The Balaban J connectivity index is 1.98. The number of rotatable bonds is 3. The van der Waals surface area contributed by atoms with E-state index < -0.39 is 0 Å². The molecule has 0 aliphatic carbocycles. The zero-order valence-electron chi connectivity index (χ0n) is 14.0.